The van der Waals surface area contributed by atoms with Crippen molar-refractivity contribution in [1.82, 2.24) is 15.5 Å². The van der Waals surface area contributed by atoms with Gasteiger partial charge >= 0.3 is 18.2 Å². The van der Waals surface area contributed by atoms with Crippen LogP contribution in [-0.2, 0) is 35.3 Å². The summed E-state index contributed by atoms with van der Waals surface area (Å²) in [5.41, 5.74) is 6.24. The third-order valence-corrected chi connectivity index (χ3v) is 9.17. The van der Waals surface area contributed by atoms with E-state index in [1.165, 1.54) is 4.90 Å². The zero-order chi connectivity index (χ0) is 39.2. The van der Waals surface area contributed by atoms with Gasteiger partial charge in [0.25, 0.3) is 0 Å². The molecule has 2 unspecified atom stereocenters. The first-order chi connectivity index (χ1) is 24.3. The number of halogens is 3. The summed E-state index contributed by atoms with van der Waals surface area (Å²) >= 11 is 0. The molecule has 0 aliphatic carbocycles. The van der Waals surface area contributed by atoms with Crippen LogP contribution in [0.2, 0.25) is 0 Å². The Bertz CT molecular complexity index is 1370. The predicted octanol–water partition coefficient (Wildman–Crippen LogP) is 5.48. The van der Waals surface area contributed by atoms with Crippen LogP contribution in [0.25, 0.3) is 0 Å². The van der Waals surface area contributed by atoms with Crippen molar-refractivity contribution in [3.8, 4) is 0 Å². The van der Waals surface area contributed by atoms with Crippen LogP contribution in [0, 0.1) is 29.6 Å². The Balaban J connectivity index is 2.06. The number of urea groups is 1. The zero-order valence-corrected chi connectivity index (χ0v) is 31.1. The van der Waals surface area contributed by atoms with E-state index in [-0.39, 0.29) is 93.8 Å². The Hall–Kier alpha value is -4.01. The molecule has 0 radical (unpaired) electrons. The number of carbonyl (C=O) groups is 6. The average molecular weight is 740 g/mol. The van der Waals surface area contributed by atoms with E-state index in [2.05, 4.69) is 16.0 Å². The standard InChI is InChI=1S/C37H56F3N5O7/c1-22(2)28-20-31(47)45(34(28)49)18-9-7-8-12-30(37(38,39)40)44-32(23(3)4)29(46)19-26(11-10-17-42-36(41)51)33(48)43-27-15-13-25(14-16-27)21-52-35(50)24(5)6/h13-16,22-24,26,28,30,32,44H,7-12,17-21H2,1-6H3,(H,43,48)(H3,41,42,51)/t26-,28?,30?,32+/m1/s1. The summed E-state index contributed by atoms with van der Waals surface area (Å²) < 4.78 is 47.9. The summed E-state index contributed by atoms with van der Waals surface area (Å²) in [7, 11) is 0. The molecule has 2 rings (SSSR count). The number of imide groups is 1. The van der Waals surface area contributed by atoms with Gasteiger partial charge in [-0.3, -0.25) is 34.2 Å². The van der Waals surface area contributed by atoms with E-state index in [0.29, 0.717) is 24.1 Å². The van der Waals surface area contributed by atoms with Crippen LogP contribution in [0.1, 0.15) is 98.5 Å². The predicted molar refractivity (Wildman–Crippen MR) is 189 cm³/mol. The molecule has 1 aromatic carbocycles. The summed E-state index contributed by atoms with van der Waals surface area (Å²) in [6.45, 7) is 10.8. The normalized spacial score (nSPS) is 16.7. The molecule has 12 nitrogen and oxygen atoms in total. The molecule has 1 heterocycles. The van der Waals surface area contributed by atoms with Crippen LogP contribution in [0.3, 0.4) is 0 Å². The summed E-state index contributed by atoms with van der Waals surface area (Å²) in [5, 5.41) is 7.72. The number of Topliss-reactive ketones (excluding diaryl/α,β-unsaturated/α-hetero) is 1. The monoisotopic (exact) mass is 739 g/mol. The van der Waals surface area contributed by atoms with Crippen molar-refractivity contribution in [3.05, 3.63) is 29.8 Å². The molecule has 1 saturated heterocycles. The number of esters is 1. The third-order valence-electron chi connectivity index (χ3n) is 9.17. The second-order valence-corrected chi connectivity index (χ2v) is 14.5. The van der Waals surface area contributed by atoms with Crippen molar-refractivity contribution in [3.63, 3.8) is 0 Å². The lowest BCUT2D eigenvalue weighted by molar-refractivity contribution is -0.161. The number of ketones is 1. The SMILES string of the molecule is CC(C)C(=O)OCc1ccc(NC(=O)[C@H](CCCNC(N)=O)CC(=O)[C@@H](NC(CCCCCN2C(=O)CC(C(C)C)C2=O)C(F)(F)F)C(C)C)cc1. The Labute approximate surface area is 304 Å². The van der Waals surface area contributed by atoms with Gasteiger partial charge in [0.1, 0.15) is 12.6 Å². The summed E-state index contributed by atoms with van der Waals surface area (Å²) in [6.07, 6.45) is -3.86. The molecule has 4 atom stereocenters. The minimum absolute atomic E-state index is 0.0209. The van der Waals surface area contributed by atoms with Crippen molar-refractivity contribution in [1.29, 1.82) is 0 Å². The molecule has 1 fully saturated rings. The average Bonchev–Trinajstić information content (AvgIpc) is 3.34. The zero-order valence-electron chi connectivity index (χ0n) is 31.1. The molecule has 1 aliphatic heterocycles. The molecule has 0 saturated carbocycles. The third kappa shape index (κ3) is 14.5. The number of hydrogen-bond acceptors (Lipinski definition) is 8. The van der Waals surface area contributed by atoms with Gasteiger partial charge < -0.3 is 21.1 Å². The van der Waals surface area contributed by atoms with E-state index in [4.69, 9.17) is 10.5 Å². The Morgan fingerprint density at radius 3 is 2.13 bits per heavy atom. The van der Waals surface area contributed by atoms with Crippen LogP contribution < -0.4 is 21.7 Å². The van der Waals surface area contributed by atoms with Crippen molar-refractivity contribution in [2.75, 3.05) is 18.4 Å². The van der Waals surface area contributed by atoms with E-state index < -0.39 is 47.8 Å². The van der Waals surface area contributed by atoms with Gasteiger partial charge in [-0.1, -0.05) is 66.5 Å². The number of nitrogens with zero attached hydrogens (tertiary/aromatic N) is 1. The number of primary amides is 1. The number of alkyl halides is 3. The van der Waals surface area contributed by atoms with Crippen molar-refractivity contribution < 1.29 is 46.7 Å². The van der Waals surface area contributed by atoms with E-state index in [1.807, 2.05) is 13.8 Å². The largest absolute Gasteiger partial charge is 0.461 e. The fourth-order valence-electron chi connectivity index (χ4n) is 5.98. The molecule has 52 heavy (non-hydrogen) atoms. The number of hydrogen-bond donors (Lipinski definition) is 4. The molecule has 292 valence electrons. The van der Waals surface area contributed by atoms with Crippen LogP contribution in [-0.4, -0.2) is 71.8 Å². The van der Waals surface area contributed by atoms with Crippen molar-refractivity contribution >= 4 is 41.2 Å². The molecular weight excluding hydrogens is 683 g/mol. The van der Waals surface area contributed by atoms with Gasteiger partial charge in [-0.05, 0) is 55.2 Å². The maximum absolute atomic E-state index is 14.2. The number of anilines is 1. The minimum atomic E-state index is -4.66. The fourth-order valence-corrected chi connectivity index (χ4v) is 5.98. The molecular formula is C37H56F3N5O7. The smallest absolute Gasteiger partial charge is 0.403 e. The number of carbonyl (C=O) groups excluding carboxylic acids is 6. The van der Waals surface area contributed by atoms with Gasteiger partial charge in [-0.15, -0.1) is 0 Å². The molecule has 15 heteroatoms. The summed E-state index contributed by atoms with van der Waals surface area (Å²) in [6, 6.07) is 2.62. The van der Waals surface area contributed by atoms with Gasteiger partial charge in [-0.2, -0.15) is 13.2 Å². The molecule has 0 spiro atoms. The first-order valence-corrected chi connectivity index (χ1v) is 18.1. The lowest BCUT2D eigenvalue weighted by atomic mass is 9.88. The highest BCUT2D eigenvalue weighted by atomic mass is 19.4. The van der Waals surface area contributed by atoms with E-state index in [9.17, 15) is 41.9 Å². The highest BCUT2D eigenvalue weighted by molar-refractivity contribution is 6.03. The second kappa shape index (κ2) is 20.9. The van der Waals surface area contributed by atoms with Gasteiger partial charge in [0.15, 0.2) is 5.78 Å². The molecule has 0 bridgehead atoms. The van der Waals surface area contributed by atoms with Crippen LogP contribution in [0.15, 0.2) is 24.3 Å². The minimum Gasteiger partial charge on any atom is -0.461 e. The number of ether oxygens (including phenoxy) is 1. The number of amides is 5. The Kier molecular flexibility index (Phi) is 17.7. The number of nitrogens with one attached hydrogen (secondary N) is 3. The van der Waals surface area contributed by atoms with E-state index in [0.717, 1.165) is 0 Å². The number of rotatable bonds is 22. The Morgan fingerprint density at radius 2 is 1.60 bits per heavy atom. The first kappa shape index (κ1) is 44.2. The molecule has 5 N–H and O–H groups in total. The topological polar surface area (TPSA) is 177 Å². The molecule has 1 aliphatic rings. The van der Waals surface area contributed by atoms with E-state index >= 15 is 0 Å². The summed E-state index contributed by atoms with van der Waals surface area (Å²) in [5.74, 6) is -3.99. The van der Waals surface area contributed by atoms with Crippen LogP contribution in [0.5, 0.6) is 0 Å². The number of nitrogens with two attached hydrogens (primary N) is 1. The van der Waals surface area contributed by atoms with Gasteiger partial charge in [0.05, 0.1) is 12.0 Å². The van der Waals surface area contributed by atoms with Crippen LogP contribution >= 0.6 is 0 Å². The Morgan fingerprint density at radius 1 is 0.942 bits per heavy atom. The quantitative estimate of drug-likeness (QED) is 0.0686. The highest BCUT2D eigenvalue weighted by Gasteiger charge is 2.42. The number of benzene rings is 1. The molecule has 5 amide bonds. The van der Waals surface area contributed by atoms with Gasteiger partial charge in [-0.25, -0.2) is 4.79 Å². The lowest BCUT2D eigenvalue weighted by Crippen LogP contribution is -2.52. The van der Waals surface area contributed by atoms with Gasteiger partial charge in [0.2, 0.25) is 17.7 Å². The first-order valence-electron chi connectivity index (χ1n) is 18.1. The maximum Gasteiger partial charge on any atom is 0.403 e. The van der Waals surface area contributed by atoms with Crippen LogP contribution in [0.4, 0.5) is 23.7 Å². The van der Waals surface area contributed by atoms with E-state index in [1.54, 1.807) is 52.0 Å². The lowest BCUT2D eigenvalue weighted by Gasteiger charge is -2.30. The van der Waals surface area contributed by atoms with Crippen molar-refractivity contribution in [2.45, 2.75) is 118 Å². The summed E-state index contributed by atoms with van der Waals surface area (Å²) in [4.78, 5) is 76.0. The molecule has 0 aromatic heterocycles. The molecule has 1 aromatic rings. The number of likely N-dealkylation sites (tertiary alicyclic amines) is 1. The maximum atomic E-state index is 14.2. The van der Waals surface area contributed by atoms with Gasteiger partial charge in [0, 0.05) is 43.5 Å². The fraction of sp³-hybridized carbons (Fsp3) is 0.676. The number of unbranched alkanes of at least 4 members (excludes halogenated alkanes) is 2. The highest BCUT2D eigenvalue weighted by Crippen LogP contribution is 2.29. The van der Waals surface area contributed by atoms with Crippen molar-refractivity contribution in [2.24, 2.45) is 35.3 Å². The second-order valence-electron chi connectivity index (χ2n) is 14.5.